The molecule has 1 aromatic carbocycles. The van der Waals surface area contributed by atoms with E-state index in [0.717, 1.165) is 49.7 Å². The zero-order valence-corrected chi connectivity index (χ0v) is 15.0. The van der Waals surface area contributed by atoms with Gasteiger partial charge in [-0.15, -0.1) is 0 Å². The molecule has 0 bridgehead atoms. The molecule has 1 aromatic heterocycles. The van der Waals surface area contributed by atoms with Gasteiger partial charge in [-0.25, -0.2) is 4.68 Å². The normalized spacial score (nSPS) is 17.4. The highest BCUT2D eigenvalue weighted by atomic mass is 16.5. The highest BCUT2D eigenvalue weighted by Gasteiger charge is 2.35. The Bertz CT molecular complexity index is 671. The van der Waals surface area contributed by atoms with Gasteiger partial charge < -0.3 is 10.5 Å². The van der Waals surface area contributed by atoms with E-state index in [1.807, 2.05) is 11.6 Å². The number of nitrogens with zero attached hydrogens (tertiary/aromatic N) is 3. The molecule has 0 saturated carbocycles. The smallest absolute Gasteiger partial charge is 0.0648 e. The molecule has 24 heavy (non-hydrogen) atoms. The molecule has 2 N–H and O–H groups in total. The summed E-state index contributed by atoms with van der Waals surface area (Å²) in [6.45, 7) is 7.28. The van der Waals surface area contributed by atoms with Crippen LogP contribution in [-0.4, -0.2) is 47.0 Å². The lowest BCUT2D eigenvalue weighted by molar-refractivity contribution is -0.0163. The average Bonchev–Trinajstić information content (AvgIpc) is 2.94. The van der Waals surface area contributed by atoms with E-state index in [2.05, 4.69) is 54.3 Å². The van der Waals surface area contributed by atoms with E-state index in [-0.39, 0.29) is 5.54 Å². The summed E-state index contributed by atoms with van der Waals surface area (Å²) in [6.07, 6.45) is 2.01. The Morgan fingerprint density at radius 1 is 1.21 bits per heavy atom. The topological polar surface area (TPSA) is 56.3 Å². The van der Waals surface area contributed by atoms with Crippen molar-refractivity contribution < 1.29 is 4.74 Å². The lowest BCUT2D eigenvalue weighted by atomic mass is 9.88. The summed E-state index contributed by atoms with van der Waals surface area (Å²) in [6, 6.07) is 10.7. The predicted molar refractivity (Wildman–Crippen MR) is 96.3 cm³/mol. The summed E-state index contributed by atoms with van der Waals surface area (Å²) in [4.78, 5) is 2.40. The van der Waals surface area contributed by atoms with Crippen molar-refractivity contribution in [2.45, 2.75) is 38.8 Å². The lowest BCUT2D eigenvalue weighted by Crippen LogP contribution is -2.54. The van der Waals surface area contributed by atoms with Crippen molar-refractivity contribution in [2.75, 3.05) is 26.8 Å². The van der Waals surface area contributed by atoms with E-state index in [0.29, 0.717) is 6.54 Å². The molecule has 1 aliphatic rings. The van der Waals surface area contributed by atoms with Crippen molar-refractivity contribution in [3.63, 3.8) is 0 Å². The molecular weight excluding hydrogens is 300 g/mol. The fraction of sp³-hybridized carbons (Fsp3) is 0.526. The van der Waals surface area contributed by atoms with E-state index in [1.54, 1.807) is 0 Å². The van der Waals surface area contributed by atoms with Gasteiger partial charge in [-0.05, 0) is 57.5 Å². The third-order valence-corrected chi connectivity index (χ3v) is 5.22. The van der Waals surface area contributed by atoms with Crippen molar-refractivity contribution in [3.05, 3.63) is 47.3 Å². The molecule has 1 saturated heterocycles. The fourth-order valence-electron chi connectivity index (χ4n) is 3.57. The van der Waals surface area contributed by atoms with Crippen LogP contribution < -0.4 is 5.73 Å². The molecule has 0 aliphatic carbocycles. The number of nitrogens with two attached hydrogens (primary N) is 1. The van der Waals surface area contributed by atoms with Crippen LogP contribution in [0.15, 0.2) is 30.3 Å². The van der Waals surface area contributed by atoms with Crippen LogP contribution in [0, 0.1) is 13.8 Å². The predicted octanol–water partition coefficient (Wildman–Crippen LogP) is 2.43. The highest BCUT2D eigenvalue weighted by molar-refractivity contribution is 5.36. The zero-order chi connectivity index (χ0) is 17.2. The highest BCUT2D eigenvalue weighted by Crippen LogP contribution is 2.27. The summed E-state index contributed by atoms with van der Waals surface area (Å²) < 4.78 is 7.50. The fourth-order valence-corrected chi connectivity index (χ4v) is 3.57. The summed E-state index contributed by atoms with van der Waals surface area (Å²) in [5.41, 5.74) is 10.8. The molecule has 1 fully saturated rings. The maximum Gasteiger partial charge on any atom is 0.0648 e. The van der Waals surface area contributed by atoms with Crippen LogP contribution in [0.4, 0.5) is 0 Å². The molecule has 130 valence electrons. The van der Waals surface area contributed by atoms with E-state index in [1.165, 1.54) is 5.56 Å². The maximum absolute atomic E-state index is 6.10. The quantitative estimate of drug-likeness (QED) is 0.916. The first-order valence-corrected chi connectivity index (χ1v) is 8.66. The second kappa shape index (κ2) is 7.05. The number of ether oxygens (including phenoxy) is 1. The molecule has 5 nitrogen and oxygen atoms in total. The summed E-state index contributed by atoms with van der Waals surface area (Å²) in [7, 11) is 2.17. The first-order valence-electron chi connectivity index (χ1n) is 8.66. The van der Waals surface area contributed by atoms with E-state index < -0.39 is 0 Å². The summed E-state index contributed by atoms with van der Waals surface area (Å²) in [5.74, 6) is 0. The molecule has 1 aliphatic heterocycles. The molecule has 0 amide bonds. The van der Waals surface area contributed by atoms with Gasteiger partial charge >= 0.3 is 0 Å². The molecule has 0 atom stereocenters. The van der Waals surface area contributed by atoms with Gasteiger partial charge in [-0.1, -0.05) is 12.1 Å². The molecular formula is C19H28N4O. The summed E-state index contributed by atoms with van der Waals surface area (Å²) in [5, 5.41) is 4.54. The van der Waals surface area contributed by atoms with Crippen LogP contribution in [0.3, 0.4) is 0 Å². The molecule has 2 heterocycles. The van der Waals surface area contributed by atoms with Crippen LogP contribution in [-0.2, 0) is 11.3 Å². The standard InChI is InChI=1S/C19H28N4O/c1-15-12-16(2)23(21-15)18-6-4-17(5-7-18)13-22(3)19(14-20)8-10-24-11-9-19/h4-7,12H,8-11,13-14,20H2,1-3H3. The number of hydrogen-bond donors (Lipinski definition) is 1. The second-order valence-corrected chi connectivity index (χ2v) is 6.90. The monoisotopic (exact) mass is 328 g/mol. The number of benzene rings is 1. The van der Waals surface area contributed by atoms with Crippen LogP contribution in [0.5, 0.6) is 0 Å². The van der Waals surface area contributed by atoms with Crippen molar-refractivity contribution in [3.8, 4) is 5.69 Å². The third kappa shape index (κ3) is 3.38. The third-order valence-electron chi connectivity index (χ3n) is 5.22. The Labute approximate surface area is 144 Å². The lowest BCUT2D eigenvalue weighted by Gasteiger charge is -2.44. The first kappa shape index (κ1) is 17.1. The van der Waals surface area contributed by atoms with Gasteiger partial charge in [0.2, 0.25) is 0 Å². The minimum Gasteiger partial charge on any atom is -0.381 e. The first-order chi connectivity index (χ1) is 11.5. The van der Waals surface area contributed by atoms with Crippen LogP contribution in [0.25, 0.3) is 5.69 Å². The van der Waals surface area contributed by atoms with Gasteiger partial charge in [0.25, 0.3) is 0 Å². The van der Waals surface area contributed by atoms with Gasteiger partial charge in [0, 0.05) is 37.5 Å². The van der Waals surface area contributed by atoms with E-state index >= 15 is 0 Å². The van der Waals surface area contributed by atoms with E-state index in [9.17, 15) is 0 Å². The van der Waals surface area contributed by atoms with Crippen molar-refractivity contribution in [1.29, 1.82) is 0 Å². The Balaban J connectivity index is 1.73. The average molecular weight is 328 g/mol. The SMILES string of the molecule is Cc1cc(C)n(-c2ccc(CN(C)C3(CN)CCOCC3)cc2)n1. The zero-order valence-electron chi connectivity index (χ0n) is 15.0. The number of aromatic nitrogens is 2. The van der Waals surface area contributed by atoms with Crippen LogP contribution >= 0.6 is 0 Å². The van der Waals surface area contributed by atoms with Crippen molar-refractivity contribution in [2.24, 2.45) is 5.73 Å². The van der Waals surface area contributed by atoms with Crippen molar-refractivity contribution in [1.82, 2.24) is 14.7 Å². The molecule has 3 rings (SSSR count). The van der Waals surface area contributed by atoms with E-state index in [4.69, 9.17) is 10.5 Å². The van der Waals surface area contributed by atoms with Gasteiger partial charge in [0.15, 0.2) is 0 Å². The largest absolute Gasteiger partial charge is 0.381 e. The molecule has 0 unspecified atom stereocenters. The molecule has 0 spiro atoms. The van der Waals surface area contributed by atoms with Gasteiger partial charge in [0.1, 0.15) is 0 Å². The van der Waals surface area contributed by atoms with Gasteiger partial charge in [-0.2, -0.15) is 5.10 Å². The minimum absolute atomic E-state index is 0.0621. The molecule has 0 radical (unpaired) electrons. The van der Waals surface area contributed by atoms with Crippen LogP contribution in [0.1, 0.15) is 29.8 Å². The number of hydrogen-bond acceptors (Lipinski definition) is 4. The van der Waals surface area contributed by atoms with Crippen molar-refractivity contribution >= 4 is 0 Å². The van der Waals surface area contributed by atoms with Gasteiger partial charge in [0.05, 0.1) is 11.4 Å². The molecule has 2 aromatic rings. The molecule has 5 heteroatoms. The Morgan fingerprint density at radius 3 is 2.42 bits per heavy atom. The number of likely N-dealkylation sites (N-methyl/N-ethyl adjacent to an activating group) is 1. The minimum atomic E-state index is 0.0621. The summed E-state index contributed by atoms with van der Waals surface area (Å²) >= 11 is 0. The Morgan fingerprint density at radius 2 is 1.88 bits per heavy atom. The Kier molecular flexibility index (Phi) is 5.04. The maximum atomic E-state index is 6.10. The number of rotatable bonds is 5. The second-order valence-electron chi connectivity index (χ2n) is 6.90. The van der Waals surface area contributed by atoms with Crippen LogP contribution in [0.2, 0.25) is 0 Å². The number of aryl methyl sites for hydroxylation is 2. The Hall–Kier alpha value is -1.69. The van der Waals surface area contributed by atoms with Gasteiger partial charge in [-0.3, -0.25) is 4.90 Å².